The molecule has 0 radical (unpaired) electrons. The lowest BCUT2D eigenvalue weighted by molar-refractivity contribution is -0.161. The summed E-state index contributed by atoms with van der Waals surface area (Å²) in [7, 11) is -9.68. The number of phosphoric acid groups is 2. The van der Waals surface area contributed by atoms with Crippen LogP contribution in [0.3, 0.4) is 0 Å². The van der Waals surface area contributed by atoms with Gasteiger partial charge in [-0.1, -0.05) is 115 Å². The van der Waals surface area contributed by atoms with Crippen molar-refractivity contribution in [2.75, 3.05) is 26.4 Å². The minimum absolute atomic E-state index is 0.0845. The van der Waals surface area contributed by atoms with Gasteiger partial charge in [0.05, 0.1) is 25.9 Å². The summed E-state index contributed by atoms with van der Waals surface area (Å²) < 4.78 is 47.4. The summed E-state index contributed by atoms with van der Waals surface area (Å²) in [5.74, 6) is -0.400. The third-order valence-electron chi connectivity index (χ3n) is 7.54. The van der Waals surface area contributed by atoms with Crippen molar-refractivity contribution in [2.45, 2.75) is 148 Å². The molecule has 0 fully saturated rings. The number of hydrogen-bond acceptors (Lipinski definition) is 11. The van der Waals surface area contributed by atoms with Gasteiger partial charge in [0.1, 0.15) is 12.7 Å². The van der Waals surface area contributed by atoms with E-state index < -0.39 is 72.3 Å². The normalized spacial score (nSPS) is 15.4. The van der Waals surface area contributed by atoms with Gasteiger partial charge in [-0.3, -0.25) is 23.2 Å². The summed E-state index contributed by atoms with van der Waals surface area (Å²) in [5, 5.41) is 19.5. The fourth-order valence-electron chi connectivity index (χ4n) is 4.68. The number of allylic oxidation sites excluding steroid dienone is 4. The van der Waals surface area contributed by atoms with Crippen LogP contribution in [0.5, 0.6) is 0 Å². The van der Waals surface area contributed by atoms with E-state index in [-0.39, 0.29) is 12.8 Å². The molecule has 0 saturated carbocycles. The molecule has 0 aromatic rings. The molecule has 0 spiro atoms. The van der Waals surface area contributed by atoms with Gasteiger partial charge in [0, 0.05) is 12.8 Å². The molecular weight excluding hydrogens is 718 g/mol. The van der Waals surface area contributed by atoms with Crippen LogP contribution in [0.4, 0.5) is 0 Å². The lowest BCUT2D eigenvalue weighted by Gasteiger charge is -2.20. The van der Waals surface area contributed by atoms with Gasteiger partial charge in [-0.2, -0.15) is 0 Å². The Morgan fingerprint density at radius 3 is 1.88 bits per heavy atom. The molecule has 0 saturated heterocycles. The highest BCUT2D eigenvalue weighted by atomic mass is 31.2. The predicted octanol–water partition coefficient (Wildman–Crippen LogP) is 7.38. The van der Waals surface area contributed by atoms with Crippen LogP contribution in [0, 0.1) is 5.92 Å². The van der Waals surface area contributed by atoms with Crippen LogP contribution in [0.1, 0.15) is 130 Å². The van der Waals surface area contributed by atoms with Crippen LogP contribution in [-0.2, 0) is 41.8 Å². The fraction of sp³-hybridized carbons (Fsp3) is 0.778. The van der Waals surface area contributed by atoms with Crippen LogP contribution < -0.4 is 0 Å². The minimum Gasteiger partial charge on any atom is -0.462 e. The maximum atomic E-state index is 12.6. The van der Waals surface area contributed by atoms with Crippen molar-refractivity contribution in [1.29, 1.82) is 0 Å². The third-order valence-corrected chi connectivity index (χ3v) is 8.98. The van der Waals surface area contributed by atoms with E-state index in [9.17, 15) is 33.8 Å². The summed E-state index contributed by atoms with van der Waals surface area (Å²) in [6.07, 6.45) is 22.3. The Morgan fingerprint density at radius 2 is 1.25 bits per heavy atom. The zero-order chi connectivity index (χ0) is 39.1. The SMILES string of the molecule is CC/C=C/CC(O)/C=C/C=C/CCCCCCCC(=O)O[C@H](COC(=O)CCCCCCCCC(C)C)COP(=O)(O)OC[C@@H](O)COP(=O)(O)O. The largest absolute Gasteiger partial charge is 0.472 e. The first-order chi connectivity index (χ1) is 24.6. The van der Waals surface area contributed by atoms with E-state index in [1.807, 2.05) is 37.3 Å². The topological polar surface area (TPSA) is 216 Å². The predicted molar refractivity (Wildman–Crippen MR) is 199 cm³/mol. The fourth-order valence-corrected chi connectivity index (χ4v) is 5.84. The zero-order valence-corrected chi connectivity index (χ0v) is 33.2. The second kappa shape index (κ2) is 31.6. The first kappa shape index (κ1) is 50.3. The lowest BCUT2D eigenvalue weighted by Crippen LogP contribution is -2.30. The highest BCUT2D eigenvalue weighted by molar-refractivity contribution is 7.47. The van der Waals surface area contributed by atoms with Crippen LogP contribution >= 0.6 is 15.6 Å². The second-order valence-electron chi connectivity index (χ2n) is 13.2. The summed E-state index contributed by atoms with van der Waals surface area (Å²) in [6, 6.07) is 0. The number of esters is 2. The van der Waals surface area contributed by atoms with Gasteiger partial charge in [-0.15, -0.1) is 0 Å². The Bertz CT molecular complexity index is 1100. The van der Waals surface area contributed by atoms with E-state index in [0.29, 0.717) is 25.2 Å². The van der Waals surface area contributed by atoms with Gasteiger partial charge in [-0.05, 0) is 44.4 Å². The molecule has 0 amide bonds. The number of ether oxygens (including phenoxy) is 2. The van der Waals surface area contributed by atoms with E-state index in [0.717, 1.165) is 64.2 Å². The standard InChI is InChI=1S/C36H66O14P2/c1-4-5-17-23-32(37)24-19-14-9-7-6-8-10-16-21-26-36(40)50-34(29-46-35(39)25-20-15-12-11-13-18-22-31(2)3)30-49-52(44,45)48-28-33(38)27-47-51(41,42)43/h5,9,14,17,19,24,31-34,37-38H,4,6-8,10-13,15-16,18,20-23,25-30H2,1-3H3,(H,44,45)(H2,41,42,43)/b14-9+,17-5+,24-19+/t32?,33-,34+/m0/s1. The Morgan fingerprint density at radius 1 is 0.673 bits per heavy atom. The molecule has 0 aromatic carbocycles. The number of aliphatic hydroxyl groups is 2. The molecule has 0 rings (SSSR count). The molecule has 14 nitrogen and oxygen atoms in total. The molecule has 0 aliphatic heterocycles. The quantitative estimate of drug-likeness (QED) is 0.0142. The molecule has 4 atom stereocenters. The molecule has 52 heavy (non-hydrogen) atoms. The minimum atomic E-state index is -4.87. The average molecular weight is 785 g/mol. The average Bonchev–Trinajstić information content (AvgIpc) is 3.07. The molecule has 304 valence electrons. The van der Waals surface area contributed by atoms with E-state index in [1.165, 1.54) is 12.8 Å². The lowest BCUT2D eigenvalue weighted by atomic mass is 10.0. The molecule has 0 heterocycles. The number of carbonyl (C=O) groups is 2. The van der Waals surface area contributed by atoms with Gasteiger partial charge in [0.2, 0.25) is 0 Å². The second-order valence-corrected chi connectivity index (χ2v) is 15.8. The van der Waals surface area contributed by atoms with Gasteiger partial charge in [0.15, 0.2) is 6.10 Å². The summed E-state index contributed by atoms with van der Waals surface area (Å²) >= 11 is 0. The molecule has 0 aromatic heterocycles. The summed E-state index contributed by atoms with van der Waals surface area (Å²) in [5.41, 5.74) is 0. The van der Waals surface area contributed by atoms with Crippen molar-refractivity contribution in [3.63, 3.8) is 0 Å². The van der Waals surface area contributed by atoms with Crippen molar-refractivity contribution in [3.8, 4) is 0 Å². The summed E-state index contributed by atoms with van der Waals surface area (Å²) in [4.78, 5) is 52.3. The maximum Gasteiger partial charge on any atom is 0.472 e. The Labute approximate surface area is 310 Å². The van der Waals surface area contributed by atoms with Crippen molar-refractivity contribution in [3.05, 3.63) is 36.5 Å². The van der Waals surface area contributed by atoms with E-state index in [2.05, 4.69) is 22.9 Å². The van der Waals surface area contributed by atoms with E-state index >= 15 is 0 Å². The van der Waals surface area contributed by atoms with Crippen LogP contribution in [0.15, 0.2) is 36.5 Å². The molecule has 0 aliphatic carbocycles. The number of phosphoric ester groups is 2. The Hall–Kier alpha value is -1.70. The first-order valence-corrected chi connectivity index (χ1v) is 21.7. The number of unbranched alkanes of at least 4 members (excludes halogenated alkanes) is 10. The monoisotopic (exact) mass is 784 g/mol. The van der Waals surface area contributed by atoms with Crippen LogP contribution in [0.2, 0.25) is 0 Å². The molecule has 0 aliphatic rings. The number of carbonyl (C=O) groups excluding carboxylic acids is 2. The highest BCUT2D eigenvalue weighted by Gasteiger charge is 2.28. The van der Waals surface area contributed by atoms with Gasteiger partial charge in [-0.25, -0.2) is 9.13 Å². The Kier molecular flexibility index (Phi) is 30.6. The third kappa shape index (κ3) is 35.3. The number of aliphatic hydroxyl groups excluding tert-OH is 2. The highest BCUT2D eigenvalue weighted by Crippen LogP contribution is 2.43. The molecule has 2 unspecified atom stereocenters. The van der Waals surface area contributed by atoms with Gasteiger partial charge < -0.3 is 34.4 Å². The number of rotatable bonds is 34. The molecule has 5 N–H and O–H groups in total. The van der Waals surface area contributed by atoms with E-state index in [1.54, 1.807) is 6.08 Å². The number of hydrogen-bond donors (Lipinski definition) is 5. The smallest absolute Gasteiger partial charge is 0.462 e. The molecule has 0 bridgehead atoms. The zero-order valence-electron chi connectivity index (χ0n) is 31.4. The Balaban J connectivity index is 4.66. The van der Waals surface area contributed by atoms with E-state index in [4.69, 9.17) is 23.8 Å². The van der Waals surface area contributed by atoms with Crippen molar-refractivity contribution < 1.29 is 66.7 Å². The summed E-state index contributed by atoms with van der Waals surface area (Å²) in [6.45, 7) is 3.68. The van der Waals surface area contributed by atoms with Crippen molar-refractivity contribution >= 4 is 27.6 Å². The van der Waals surface area contributed by atoms with Crippen LogP contribution in [-0.4, -0.2) is 81.6 Å². The first-order valence-electron chi connectivity index (χ1n) is 18.6. The van der Waals surface area contributed by atoms with Gasteiger partial charge in [0.25, 0.3) is 0 Å². The maximum absolute atomic E-state index is 12.6. The van der Waals surface area contributed by atoms with Crippen molar-refractivity contribution in [1.82, 2.24) is 0 Å². The van der Waals surface area contributed by atoms with Gasteiger partial charge >= 0.3 is 27.6 Å². The van der Waals surface area contributed by atoms with Crippen molar-refractivity contribution in [2.24, 2.45) is 5.92 Å². The molecular formula is C36H66O14P2. The van der Waals surface area contributed by atoms with Crippen LogP contribution in [0.25, 0.3) is 0 Å². The molecule has 16 heteroatoms.